The van der Waals surface area contributed by atoms with Crippen LogP contribution in [-0.2, 0) is 25.5 Å². The van der Waals surface area contributed by atoms with Crippen molar-refractivity contribution in [3.8, 4) is 0 Å². The molecule has 2 unspecified atom stereocenters. The standard InChI is InChI=1S/C19H24O5/c1-10-7-8-11(2)16-14(10)9-15(19(5,6)24-13(4)21)18(17(16)22)23-12(3)20/h7-8,15,18H,9H2,1-6H3. The Morgan fingerprint density at radius 2 is 1.67 bits per heavy atom. The zero-order chi connectivity index (χ0) is 18.2. The fraction of sp³-hybridized carbons (Fsp3) is 0.526. The van der Waals surface area contributed by atoms with Crippen LogP contribution in [0.5, 0.6) is 0 Å². The van der Waals surface area contributed by atoms with E-state index in [0.29, 0.717) is 12.0 Å². The van der Waals surface area contributed by atoms with E-state index in [4.69, 9.17) is 9.47 Å². The van der Waals surface area contributed by atoms with Crippen LogP contribution in [-0.4, -0.2) is 29.4 Å². The van der Waals surface area contributed by atoms with Gasteiger partial charge < -0.3 is 9.47 Å². The molecule has 1 aromatic rings. The summed E-state index contributed by atoms with van der Waals surface area (Å²) in [7, 11) is 0. The number of Topliss-reactive ketones (excluding diaryl/α,β-unsaturated/α-hetero) is 1. The molecule has 0 amide bonds. The number of carbonyl (C=O) groups excluding carboxylic acids is 3. The van der Waals surface area contributed by atoms with E-state index < -0.39 is 29.6 Å². The Morgan fingerprint density at radius 3 is 2.21 bits per heavy atom. The van der Waals surface area contributed by atoms with Crippen LogP contribution in [0.25, 0.3) is 0 Å². The predicted octanol–water partition coefficient (Wildman–Crippen LogP) is 2.93. The molecule has 0 saturated heterocycles. The number of benzene rings is 1. The molecule has 0 saturated carbocycles. The fourth-order valence-corrected chi connectivity index (χ4v) is 3.50. The van der Waals surface area contributed by atoms with Crippen molar-refractivity contribution in [2.75, 3.05) is 0 Å². The maximum atomic E-state index is 13.1. The van der Waals surface area contributed by atoms with Gasteiger partial charge in [-0.15, -0.1) is 0 Å². The van der Waals surface area contributed by atoms with Gasteiger partial charge >= 0.3 is 11.9 Å². The molecule has 130 valence electrons. The summed E-state index contributed by atoms with van der Waals surface area (Å²) >= 11 is 0. The van der Waals surface area contributed by atoms with E-state index in [0.717, 1.165) is 16.7 Å². The van der Waals surface area contributed by atoms with Crippen molar-refractivity contribution < 1.29 is 23.9 Å². The van der Waals surface area contributed by atoms with Crippen LogP contribution < -0.4 is 0 Å². The average molecular weight is 332 g/mol. The molecule has 1 aliphatic rings. The van der Waals surface area contributed by atoms with Crippen LogP contribution in [0.2, 0.25) is 0 Å². The Bertz CT molecular complexity index is 702. The molecule has 1 aromatic carbocycles. The highest BCUT2D eigenvalue weighted by Crippen LogP contribution is 2.38. The van der Waals surface area contributed by atoms with Crippen molar-refractivity contribution in [3.05, 3.63) is 34.4 Å². The largest absolute Gasteiger partial charge is 0.459 e. The minimum Gasteiger partial charge on any atom is -0.459 e. The van der Waals surface area contributed by atoms with Crippen molar-refractivity contribution in [2.45, 2.75) is 59.7 Å². The molecule has 5 nitrogen and oxygen atoms in total. The molecular formula is C19H24O5. The highest BCUT2D eigenvalue weighted by molar-refractivity contribution is 6.04. The molecule has 2 rings (SSSR count). The summed E-state index contributed by atoms with van der Waals surface area (Å²) in [5.74, 6) is -1.62. The van der Waals surface area contributed by atoms with Crippen molar-refractivity contribution >= 4 is 17.7 Å². The quantitative estimate of drug-likeness (QED) is 0.796. The van der Waals surface area contributed by atoms with Gasteiger partial charge in [0.05, 0.1) is 0 Å². The zero-order valence-electron chi connectivity index (χ0n) is 15.1. The smallest absolute Gasteiger partial charge is 0.303 e. The summed E-state index contributed by atoms with van der Waals surface area (Å²) in [6, 6.07) is 3.87. The van der Waals surface area contributed by atoms with E-state index in [9.17, 15) is 14.4 Å². The molecule has 0 bridgehead atoms. The summed E-state index contributed by atoms with van der Waals surface area (Å²) in [6.45, 7) is 9.93. The molecule has 0 aliphatic heterocycles. The van der Waals surface area contributed by atoms with Gasteiger partial charge in [0.15, 0.2) is 6.10 Å². The van der Waals surface area contributed by atoms with Crippen molar-refractivity contribution in [1.29, 1.82) is 0 Å². The summed E-state index contributed by atoms with van der Waals surface area (Å²) in [5.41, 5.74) is 2.50. The van der Waals surface area contributed by atoms with Crippen LogP contribution in [0.3, 0.4) is 0 Å². The Morgan fingerprint density at radius 1 is 1.08 bits per heavy atom. The van der Waals surface area contributed by atoms with E-state index in [2.05, 4.69) is 0 Å². The number of esters is 2. The van der Waals surface area contributed by atoms with Crippen LogP contribution in [0.15, 0.2) is 12.1 Å². The molecule has 0 fully saturated rings. The van der Waals surface area contributed by atoms with Gasteiger partial charge in [-0.2, -0.15) is 0 Å². The number of fused-ring (bicyclic) bond motifs is 1. The lowest BCUT2D eigenvalue weighted by molar-refractivity contribution is -0.167. The Labute approximate surface area is 142 Å². The minimum absolute atomic E-state index is 0.224. The van der Waals surface area contributed by atoms with Crippen LogP contribution >= 0.6 is 0 Å². The monoisotopic (exact) mass is 332 g/mol. The van der Waals surface area contributed by atoms with Crippen molar-refractivity contribution in [3.63, 3.8) is 0 Å². The van der Waals surface area contributed by atoms with Gasteiger partial charge in [0.1, 0.15) is 5.60 Å². The first-order valence-corrected chi connectivity index (χ1v) is 8.04. The van der Waals surface area contributed by atoms with Gasteiger partial charge in [-0.05, 0) is 50.8 Å². The highest BCUT2D eigenvalue weighted by Gasteiger charge is 2.48. The fourth-order valence-electron chi connectivity index (χ4n) is 3.50. The number of ether oxygens (including phenoxy) is 2. The summed E-state index contributed by atoms with van der Waals surface area (Å²) in [6.07, 6.45) is -0.447. The third-order valence-electron chi connectivity index (χ3n) is 4.64. The van der Waals surface area contributed by atoms with E-state index in [-0.39, 0.29) is 5.78 Å². The van der Waals surface area contributed by atoms with E-state index in [1.54, 1.807) is 13.8 Å². The van der Waals surface area contributed by atoms with Crippen molar-refractivity contribution in [1.82, 2.24) is 0 Å². The first-order chi connectivity index (χ1) is 11.0. The Balaban J connectivity index is 2.57. The number of aryl methyl sites for hydroxylation is 2. The number of ketones is 1. The highest BCUT2D eigenvalue weighted by atomic mass is 16.6. The third-order valence-corrected chi connectivity index (χ3v) is 4.64. The van der Waals surface area contributed by atoms with E-state index in [1.807, 2.05) is 26.0 Å². The number of hydrogen-bond donors (Lipinski definition) is 0. The molecule has 0 aromatic heterocycles. The lowest BCUT2D eigenvalue weighted by Crippen LogP contribution is -2.51. The SMILES string of the molecule is CC(=O)OC1C(=O)c2c(C)ccc(C)c2CC1C(C)(C)OC(C)=O. The molecule has 2 atom stereocenters. The Hall–Kier alpha value is -2.17. The minimum atomic E-state index is -0.954. The van der Waals surface area contributed by atoms with Gasteiger partial charge in [0.25, 0.3) is 0 Å². The third kappa shape index (κ3) is 3.35. The van der Waals surface area contributed by atoms with Crippen LogP contribution in [0, 0.1) is 19.8 Å². The molecule has 0 spiro atoms. The first-order valence-electron chi connectivity index (χ1n) is 8.04. The number of hydrogen-bond acceptors (Lipinski definition) is 5. The molecule has 24 heavy (non-hydrogen) atoms. The number of carbonyl (C=O) groups is 3. The van der Waals surface area contributed by atoms with Gasteiger partial charge in [0.2, 0.25) is 5.78 Å². The maximum Gasteiger partial charge on any atom is 0.303 e. The second kappa shape index (κ2) is 6.38. The summed E-state index contributed by atoms with van der Waals surface area (Å²) < 4.78 is 10.8. The first kappa shape index (κ1) is 18.2. The van der Waals surface area contributed by atoms with Crippen LogP contribution in [0.1, 0.15) is 54.7 Å². The molecule has 0 heterocycles. The molecular weight excluding hydrogens is 308 g/mol. The molecule has 5 heteroatoms. The molecule has 0 N–H and O–H groups in total. The molecule has 1 aliphatic carbocycles. The second-order valence-corrected chi connectivity index (χ2v) is 6.95. The van der Waals surface area contributed by atoms with Gasteiger partial charge in [-0.3, -0.25) is 14.4 Å². The van der Waals surface area contributed by atoms with Gasteiger partial charge in [-0.25, -0.2) is 0 Å². The van der Waals surface area contributed by atoms with Gasteiger partial charge in [-0.1, -0.05) is 12.1 Å². The lowest BCUT2D eigenvalue weighted by Gasteiger charge is -2.41. The second-order valence-electron chi connectivity index (χ2n) is 6.95. The molecule has 0 radical (unpaired) electrons. The zero-order valence-corrected chi connectivity index (χ0v) is 15.1. The summed E-state index contributed by atoms with van der Waals surface area (Å²) in [5, 5.41) is 0. The lowest BCUT2D eigenvalue weighted by atomic mass is 9.71. The normalized spacial score (nSPS) is 20.3. The van der Waals surface area contributed by atoms with E-state index in [1.165, 1.54) is 13.8 Å². The summed E-state index contributed by atoms with van der Waals surface area (Å²) in [4.78, 5) is 36.0. The Kier molecular flexibility index (Phi) is 4.83. The maximum absolute atomic E-state index is 13.1. The van der Waals surface area contributed by atoms with Crippen LogP contribution in [0.4, 0.5) is 0 Å². The average Bonchev–Trinajstić information content (AvgIpc) is 2.43. The van der Waals surface area contributed by atoms with E-state index >= 15 is 0 Å². The predicted molar refractivity (Wildman–Crippen MR) is 88.8 cm³/mol. The van der Waals surface area contributed by atoms with Crippen molar-refractivity contribution in [2.24, 2.45) is 5.92 Å². The van der Waals surface area contributed by atoms with Gasteiger partial charge in [0, 0.05) is 25.3 Å². The topological polar surface area (TPSA) is 69.7 Å². The number of rotatable bonds is 3.